The van der Waals surface area contributed by atoms with Crippen LogP contribution in [-0.2, 0) is 9.53 Å². The van der Waals surface area contributed by atoms with Gasteiger partial charge in [0, 0.05) is 5.75 Å². The SMILES string of the molecule is COC(=O)[C@H](CS)NC(=O)c1c(-c2cccc(-c3cc(-c4cc(-c5c(C(C)C)cccc5C(C)C)cc(-c5c(C(C)C)cccc5C(C)C)c4)cc(-c4cc(-c5c(C(C)C)cccc5C(C)C)cc(-c5c(C(C)C)cccc5C(C)C)c4)c3)c2)cc(-c2cc(-c3c(C(C)C)cccc3C(C)C)cc(-c3c(C(C)C)cccc3C(C)C)c2)cc1-c1cc(-c2c(C(C)C)cccc2C(C)C)cc(-c2c(C(C)C)cccc2C(C)C)c1. The third kappa shape index (κ3) is 22.7. The van der Waals surface area contributed by atoms with E-state index in [0.717, 1.165) is 77.9 Å². The Labute approximate surface area is 896 Å². The second-order valence-electron chi connectivity index (χ2n) is 47.2. The van der Waals surface area contributed by atoms with Gasteiger partial charge in [-0.25, -0.2) is 4.79 Å². The van der Waals surface area contributed by atoms with Crippen LogP contribution in [0, 0.1) is 0 Å². The predicted molar refractivity (Wildman–Crippen MR) is 645 cm³/mol. The number of ether oxygens (including phenoxy) is 1. The standard InChI is InChI=1S/C143H165NO3S/c1-80(2)114-45-35-46-115(81(3)4)133(114)106-65-101(66-107(73-106)134-116(82(5)6)47-36-48-117(134)83(7)8)99-62-98(63-100(64-99)102-67-108(135-118(84(9)10)49-37-50-119(135)85(11)12)74-109(68-102)136-120(86(13)14)51-38-52-121(136)87(15)16)96-43-34-44-97(61-96)130-77-104(103-69-110(137-122(88(17)18)53-39-54-123(137)89(19)20)75-111(70-103)138-124(90(21)22)55-40-56-125(138)91(23)24)78-131(141(130)142(145)144-132(79-148)143(146)147-33)105-71-112(139-126(92(25)26)57-41-58-127(139)93(27)28)76-113(72-105)140-128(94(29)30)59-42-60-129(140)95(31)32/h34-78,80-95,132,148H,79H2,1-33H3,(H,144,145)/t132-/m0/s1. The van der Waals surface area contributed by atoms with Gasteiger partial charge in [0.15, 0.2) is 0 Å². The summed E-state index contributed by atoms with van der Waals surface area (Å²) in [6, 6.07) is 105. The zero-order chi connectivity index (χ0) is 107. The fourth-order valence-corrected chi connectivity index (χ4v) is 23.7. The summed E-state index contributed by atoms with van der Waals surface area (Å²) in [6.07, 6.45) is 0. The fraction of sp³-hybridized carbons (Fsp3) is 0.357. The Hall–Kier alpha value is -12.4. The second kappa shape index (κ2) is 46.4. The zero-order valence-corrected chi connectivity index (χ0v) is 96.1. The van der Waals surface area contributed by atoms with Crippen LogP contribution in [0.3, 0.4) is 0 Å². The molecule has 1 N–H and O–H groups in total. The largest absolute Gasteiger partial charge is 0.467 e. The van der Waals surface area contributed by atoms with E-state index in [9.17, 15) is 4.79 Å². The van der Waals surface area contributed by atoms with Gasteiger partial charge in [-0.2, -0.15) is 12.6 Å². The second-order valence-corrected chi connectivity index (χ2v) is 47.6. The molecule has 1 atom stereocenters. The molecular weight excluding hydrogens is 1810 g/mol. The van der Waals surface area contributed by atoms with Gasteiger partial charge in [0.05, 0.1) is 12.7 Å². The van der Waals surface area contributed by atoms with Crippen LogP contribution in [-0.4, -0.2) is 30.8 Å². The molecular formula is C143H165NO3S. The zero-order valence-electron chi connectivity index (χ0n) is 95.2. The molecule has 0 unspecified atom stereocenters. The summed E-state index contributed by atoms with van der Waals surface area (Å²) >= 11 is 4.92. The van der Waals surface area contributed by atoms with Crippen molar-refractivity contribution >= 4 is 24.5 Å². The minimum Gasteiger partial charge on any atom is -0.467 e. The van der Waals surface area contributed by atoms with Gasteiger partial charge in [0.1, 0.15) is 6.04 Å². The summed E-state index contributed by atoms with van der Waals surface area (Å²) in [6.45, 7) is 74.8. The van der Waals surface area contributed by atoms with Crippen LogP contribution in [0.4, 0.5) is 0 Å². The number of carbonyl (C=O) groups is 2. The molecule has 15 aromatic carbocycles. The number of benzene rings is 15. The Morgan fingerprint density at radius 1 is 0.196 bits per heavy atom. The molecule has 15 aromatic rings. The Kier molecular flexibility index (Phi) is 34.4. The molecule has 0 heterocycles. The number of hydrogen-bond donors (Lipinski definition) is 2. The van der Waals surface area contributed by atoms with Gasteiger partial charge in [-0.15, -0.1) is 0 Å². The molecule has 4 nitrogen and oxygen atoms in total. The lowest BCUT2D eigenvalue weighted by molar-refractivity contribution is -0.142. The maximum Gasteiger partial charge on any atom is 0.329 e. The number of thiol groups is 1. The normalized spacial score (nSPS) is 12.3. The molecule has 0 spiro atoms. The molecule has 0 aromatic heterocycles. The van der Waals surface area contributed by atoms with Crippen molar-refractivity contribution in [2.45, 2.75) is 322 Å². The highest BCUT2D eigenvalue weighted by Crippen LogP contribution is 2.54. The van der Waals surface area contributed by atoms with Crippen LogP contribution >= 0.6 is 12.6 Å². The van der Waals surface area contributed by atoms with Gasteiger partial charge in [-0.1, -0.05) is 385 Å². The van der Waals surface area contributed by atoms with E-state index in [1.54, 1.807) is 0 Å². The molecule has 0 bridgehead atoms. The van der Waals surface area contributed by atoms with Crippen LogP contribution in [0.15, 0.2) is 273 Å². The van der Waals surface area contributed by atoms with Gasteiger partial charge < -0.3 is 10.1 Å². The Morgan fingerprint density at radius 2 is 0.338 bits per heavy atom. The first-order valence-electron chi connectivity index (χ1n) is 55.5. The summed E-state index contributed by atoms with van der Waals surface area (Å²) in [5.41, 5.74) is 51.7. The lowest BCUT2D eigenvalue weighted by atomic mass is 9.79. The molecule has 766 valence electrons. The minimum atomic E-state index is -1.13. The molecule has 5 heteroatoms. The van der Waals surface area contributed by atoms with Crippen molar-refractivity contribution in [1.82, 2.24) is 5.32 Å². The first-order valence-corrected chi connectivity index (χ1v) is 56.1. The summed E-state index contributed by atoms with van der Waals surface area (Å²) in [7, 11) is 1.39. The molecule has 0 aliphatic heterocycles. The molecule has 0 aliphatic carbocycles. The average Bonchev–Trinajstić information content (AvgIpc) is 0.741. The highest BCUT2D eigenvalue weighted by Gasteiger charge is 2.34. The quantitative estimate of drug-likeness (QED) is 0.0312. The van der Waals surface area contributed by atoms with E-state index in [0.29, 0.717) is 16.7 Å². The van der Waals surface area contributed by atoms with Gasteiger partial charge in [-0.05, 0) is 449 Å². The smallest absolute Gasteiger partial charge is 0.329 e. The van der Waals surface area contributed by atoms with E-state index >= 15 is 4.79 Å². The molecule has 0 saturated carbocycles. The number of rotatable bonds is 34. The number of nitrogens with one attached hydrogen (secondary N) is 1. The van der Waals surface area contributed by atoms with Crippen LogP contribution in [0.25, 0.3) is 156 Å². The lowest BCUT2D eigenvalue weighted by Gasteiger charge is -2.26. The number of esters is 1. The third-order valence-electron chi connectivity index (χ3n) is 31.1. The van der Waals surface area contributed by atoms with Crippen LogP contribution in [0.5, 0.6) is 0 Å². The molecule has 0 aliphatic rings. The Balaban J connectivity index is 1.17. The van der Waals surface area contributed by atoms with Gasteiger partial charge >= 0.3 is 5.97 Å². The van der Waals surface area contributed by atoms with Crippen molar-refractivity contribution in [2.75, 3.05) is 12.9 Å². The van der Waals surface area contributed by atoms with E-state index in [4.69, 9.17) is 17.4 Å². The van der Waals surface area contributed by atoms with Crippen LogP contribution in [0.2, 0.25) is 0 Å². The molecule has 0 radical (unpaired) electrons. The Morgan fingerprint density at radius 3 is 0.520 bits per heavy atom. The van der Waals surface area contributed by atoms with Crippen LogP contribution in [0.1, 0.15) is 416 Å². The van der Waals surface area contributed by atoms with Crippen molar-refractivity contribution in [1.29, 1.82) is 0 Å². The fourth-order valence-electron chi connectivity index (χ4n) is 23.4. The number of amides is 1. The molecule has 0 saturated heterocycles. The topological polar surface area (TPSA) is 55.4 Å². The van der Waals surface area contributed by atoms with E-state index in [1.165, 1.54) is 163 Å². The summed E-state index contributed by atoms with van der Waals surface area (Å²) in [4.78, 5) is 32.3. The maximum atomic E-state index is 17.6. The van der Waals surface area contributed by atoms with Crippen molar-refractivity contribution < 1.29 is 14.3 Å². The summed E-state index contributed by atoms with van der Waals surface area (Å²) in [5, 5.41) is 3.38. The molecule has 0 fully saturated rings. The number of methoxy groups -OCH3 is 1. The molecule has 148 heavy (non-hydrogen) atoms. The minimum absolute atomic E-state index is 0.0157. The average molecular weight is 1980 g/mol. The van der Waals surface area contributed by atoms with E-state index in [-0.39, 0.29) is 100 Å². The van der Waals surface area contributed by atoms with Gasteiger partial charge in [0.2, 0.25) is 0 Å². The summed E-state index contributed by atoms with van der Waals surface area (Å²) in [5.74, 6) is 2.13. The number of hydrogen-bond acceptors (Lipinski definition) is 4. The highest BCUT2D eigenvalue weighted by atomic mass is 32.1. The van der Waals surface area contributed by atoms with Gasteiger partial charge in [-0.3, -0.25) is 4.79 Å². The van der Waals surface area contributed by atoms with Crippen molar-refractivity contribution in [3.63, 3.8) is 0 Å². The highest BCUT2D eigenvalue weighted by molar-refractivity contribution is 7.80. The van der Waals surface area contributed by atoms with Crippen LogP contribution < -0.4 is 5.32 Å². The van der Waals surface area contributed by atoms with Crippen molar-refractivity contribution in [3.05, 3.63) is 368 Å². The van der Waals surface area contributed by atoms with Crippen molar-refractivity contribution in [2.24, 2.45) is 0 Å². The molecule has 1 amide bonds. The third-order valence-corrected chi connectivity index (χ3v) is 31.5. The first kappa shape index (κ1) is 110. The van der Waals surface area contributed by atoms with E-state index < -0.39 is 17.9 Å². The van der Waals surface area contributed by atoms with Gasteiger partial charge in [0.25, 0.3) is 5.91 Å². The molecule has 15 rings (SSSR count). The maximum absolute atomic E-state index is 17.6. The monoisotopic (exact) mass is 1980 g/mol. The predicted octanol–water partition coefficient (Wildman–Crippen LogP) is 42.2. The lowest BCUT2D eigenvalue weighted by Crippen LogP contribution is -2.43. The summed E-state index contributed by atoms with van der Waals surface area (Å²) < 4.78 is 5.66. The first-order chi connectivity index (χ1) is 70.4. The van der Waals surface area contributed by atoms with E-state index in [2.05, 4.69) is 500 Å². The number of carbonyl (C=O) groups excluding carboxylic acids is 2. The van der Waals surface area contributed by atoms with Crippen molar-refractivity contribution in [3.8, 4) is 156 Å². The van der Waals surface area contributed by atoms with E-state index in [1.807, 2.05) is 0 Å². The Bertz CT molecular complexity index is 6670.